The van der Waals surface area contributed by atoms with Crippen LogP contribution in [0.5, 0.6) is 0 Å². The van der Waals surface area contributed by atoms with Gasteiger partial charge in [-0.1, -0.05) is 26.7 Å². The van der Waals surface area contributed by atoms with Crippen molar-refractivity contribution in [2.45, 2.75) is 83.4 Å². The number of nitrogens with one attached hydrogen (secondary N) is 2. The Morgan fingerprint density at radius 3 is 2.67 bits per heavy atom. The van der Waals surface area contributed by atoms with Crippen LogP contribution in [0.25, 0.3) is 0 Å². The predicted molar refractivity (Wildman–Crippen MR) is 77.9 cm³/mol. The van der Waals surface area contributed by atoms with E-state index in [4.69, 9.17) is 0 Å². The Kier molecular flexibility index (Phi) is 7.20. The van der Waals surface area contributed by atoms with Gasteiger partial charge in [-0.2, -0.15) is 0 Å². The molecule has 1 fully saturated rings. The van der Waals surface area contributed by atoms with Crippen LogP contribution in [-0.4, -0.2) is 35.9 Å². The first-order valence-corrected chi connectivity index (χ1v) is 7.79. The summed E-state index contributed by atoms with van der Waals surface area (Å²) in [5.41, 5.74) is -0.523. The van der Waals surface area contributed by atoms with Gasteiger partial charge in [-0.25, -0.2) is 0 Å². The molecule has 1 saturated heterocycles. The quantitative estimate of drug-likeness (QED) is 0.655. The van der Waals surface area contributed by atoms with Crippen LogP contribution in [0.3, 0.4) is 0 Å². The Labute approximate surface area is 113 Å². The minimum Gasteiger partial charge on any atom is -0.389 e. The number of aliphatic hydroxyl groups is 1. The van der Waals surface area contributed by atoms with Gasteiger partial charge in [0, 0.05) is 18.6 Å². The third kappa shape index (κ3) is 5.68. The van der Waals surface area contributed by atoms with Crippen molar-refractivity contribution in [2.75, 3.05) is 13.1 Å². The lowest BCUT2D eigenvalue weighted by molar-refractivity contribution is 0.0298. The van der Waals surface area contributed by atoms with Gasteiger partial charge in [0.05, 0.1) is 5.60 Å². The molecule has 2 atom stereocenters. The topological polar surface area (TPSA) is 44.3 Å². The van der Waals surface area contributed by atoms with E-state index in [1.807, 2.05) is 0 Å². The molecular weight excluding hydrogens is 224 g/mol. The molecule has 0 radical (unpaired) electrons. The van der Waals surface area contributed by atoms with Crippen molar-refractivity contribution >= 4 is 0 Å². The van der Waals surface area contributed by atoms with Gasteiger partial charge < -0.3 is 15.7 Å². The van der Waals surface area contributed by atoms with Crippen LogP contribution in [-0.2, 0) is 0 Å². The second-order valence-electron chi connectivity index (χ2n) is 5.95. The van der Waals surface area contributed by atoms with Crippen LogP contribution < -0.4 is 10.6 Å². The van der Waals surface area contributed by atoms with E-state index >= 15 is 0 Å². The van der Waals surface area contributed by atoms with Crippen LogP contribution >= 0.6 is 0 Å². The monoisotopic (exact) mass is 256 g/mol. The normalized spacial score (nSPS) is 23.7. The summed E-state index contributed by atoms with van der Waals surface area (Å²) in [6, 6.07) is 1.14. The highest BCUT2D eigenvalue weighted by Gasteiger charge is 2.23. The molecule has 1 heterocycles. The lowest BCUT2D eigenvalue weighted by Crippen LogP contribution is -2.45. The molecule has 0 aromatic heterocycles. The Hall–Kier alpha value is -0.120. The van der Waals surface area contributed by atoms with Gasteiger partial charge in [0.15, 0.2) is 0 Å². The number of hydrogen-bond acceptors (Lipinski definition) is 3. The first kappa shape index (κ1) is 15.9. The standard InChI is InChI=1S/C15H32N2O/c1-4-15(18,5-2)12-17-13(3)11-14-9-7-6-8-10-16-14/h13-14,16-18H,4-12H2,1-3H3. The zero-order valence-corrected chi connectivity index (χ0v) is 12.5. The van der Waals surface area contributed by atoms with Crippen LogP contribution in [0, 0.1) is 0 Å². The van der Waals surface area contributed by atoms with Crippen LogP contribution in [0.2, 0.25) is 0 Å². The summed E-state index contributed by atoms with van der Waals surface area (Å²) in [5, 5.41) is 17.4. The largest absolute Gasteiger partial charge is 0.389 e. The van der Waals surface area contributed by atoms with E-state index in [0.29, 0.717) is 18.6 Å². The summed E-state index contributed by atoms with van der Waals surface area (Å²) < 4.78 is 0. The zero-order valence-electron chi connectivity index (χ0n) is 12.5. The molecule has 1 rings (SSSR count). The fraction of sp³-hybridized carbons (Fsp3) is 1.00. The fourth-order valence-corrected chi connectivity index (χ4v) is 2.68. The average Bonchev–Trinajstić information content (AvgIpc) is 2.64. The molecule has 3 N–H and O–H groups in total. The Bertz CT molecular complexity index is 209. The summed E-state index contributed by atoms with van der Waals surface area (Å²) in [6.07, 6.45) is 8.18. The van der Waals surface area contributed by atoms with Gasteiger partial charge >= 0.3 is 0 Å². The third-order valence-corrected chi connectivity index (χ3v) is 4.40. The lowest BCUT2D eigenvalue weighted by atomic mass is 9.96. The molecule has 18 heavy (non-hydrogen) atoms. The molecular formula is C15H32N2O. The molecule has 0 bridgehead atoms. The first-order chi connectivity index (χ1) is 8.59. The number of hydrogen-bond donors (Lipinski definition) is 3. The Morgan fingerprint density at radius 1 is 1.28 bits per heavy atom. The maximum absolute atomic E-state index is 10.3. The second kappa shape index (κ2) is 8.13. The van der Waals surface area contributed by atoms with Crippen molar-refractivity contribution in [3.05, 3.63) is 0 Å². The van der Waals surface area contributed by atoms with Crippen LogP contribution in [0.4, 0.5) is 0 Å². The van der Waals surface area contributed by atoms with Crippen molar-refractivity contribution in [3.63, 3.8) is 0 Å². The molecule has 0 aliphatic carbocycles. The van der Waals surface area contributed by atoms with Crippen LogP contribution in [0.15, 0.2) is 0 Å². The fourth-order valence-electron chi connectivity index (χ4n) is 2.68. The van der Waals surface area contributed by atoms with E-state index in [0.717, 1.165) is 12.8 Å². The zero-order chi connectivity index (χ0) is 13.4. The van der Waals surface area contributed by atoms with Gasteiger partial charge in [-0.05, 0) is 45.6 Å². The van der Waals surface area contributed by atoms with Gasteiger partial charge in [0.25, 0.3) is 0 Å². The molecule has 108 valence electrons. The Morgan fingerprint density at radius 2 is 2.00 bits per heavy atom. The maximum Gasteiger partial charge on any atom is 0.0766 e. The van der Waals surface area contributed by atoms with E-state index in [1.165, 1.54) is 38.6 Å². The molecule has 3 heteroatoms. The first-order valence-electron chi connectivity index (χ1n) is 7.79. The minimum absolute atomic E-state index is 0.477. The highest BCUT2D eigenvalue weighted by molar-refractivity contribution is 4.81. The molecule has 0 aromatic rings. The van der Waals surface area contributed by atoms with Crippen LogP contribution in [0.1, 0.15) is 65.7 Å². The van der Waals surface area contributed by atoms with Crippen molar-refractivity contribution in [2.24, 2.45) is 0 Å². The summed E-state index contributed by atoms with van der Waals surface area (Å²) >= 11 is 0. The minimum atomic E-state index is -0.523. The highest BCUT2D eigenvalue weighted by atomic mass is 16.3. The molecule has 0 amide bonds. The molecule has 0 spiro atoms. The van der Waals surface area contributed by atoms with E-state index in [9.17, 15) is 5.11 Å². The van der Waals surface area contributed by atoms with Crippen molar-refractivity contribution in [1.82, 2.24) is 10.6 Å². The van der Waals surface area contributed by atoms with E-state index < -0.39 is 5.60 Å². The predicted octanol–water partition coefficient (Wildman–Crippen LogP) is 2.44. The summed E-state index contributed by atoms with van der Waals surface area (Å²) in [5.74, 6) is 0. The van der Waals surface area contributed by atoms with Gasteiger partial charge in [0.1, 0.15) is 0 Å². The molecule has 0 aromatic carbocycles. The summed E-state index contributed by atoms with van der Waals surface area (Å²) in [7, 11) is 0. The second-order valence-corrected chi connectivity index (χ2v) is 5.95. The lowest BCUT2D eigenvalue weighted by Gasteiger charge is -2.29. The van der Waals surface area contributed by atoms with Crippen molar-refractivity contribution in [1.29, 1.82) is 0 Å². The van der Waals surface area contributed by atoms with Gasteiger partial charge in [-0.3, -0.25) is 0 Å². The highest BCUT2D eigenvalue weighted by Crippen LogP contribution is 2.15. The average molecular weight is 256 g/mol. The van der Waals surface area contributed by atoms with Gasteiger partial charge in [-0.15, -0.1) is 0 Å². The molecule has 3 nitrogen and oxygen atoms in total. The third-order valence-electron chi connectivity index (χ3n) is 4.40. The molecule has 0 saturated carbocycles. The SMILES string of the molecule is CCC(O)(CC)CNC(C)CC1CCCCCN1. The molecule has 2 unspecified atom stereocenters. The maximum atomic E-state index is 10.3. The molecule has 1 aliphatic heterocycles. The Balaban J connectivity index is 2.25. The molecule has 1 aliphatic rings. The summed E-state index contributed by atoms with van der Waals surface area (Å²) in [6.45, 7) is 8.24. The van der Waals surface area contributed by atoms with E-state index in [-0.39, 0.29) is 0 Å². The van der Waals surface area contributed by atoms with E-state index in [2.05, 4.69) is 31.4 Å². The van der Waals surface area contributed by atoms with E-state index in [1.54, 1.807) is 0 Å². The smallest absolute Gasteiger partial charge is 0.0766 e. The van der Waals surface area contributed by atoms with Crippen molar-refractivity contribution in [3.8, 4) is 0 Å². The summed E-state index contributed by atoms with van der Waals surface area (Å²) in [4.78, 5) is 0. The van der Waals surface area contributed by atoms with Crippen molar-refractivity contribution < 1.29 is 5.11 Å². The van der Waals surface area contributed by atoms with Gasteiger partial charge in [0.2, 0.25) is 0 Å². The number of rotatable bonds is 7.